The second-order valence-electron chi connectivity index (χ2n) is 6.36. The molecule has 0 saturated heterocycles. The molecule has 2 aromatic carbocycles. The zero-order chi connectivity index (χ0) is 22.2. The van der Waals surface area contributed by atoms with Gasteiger partial charge in [-0.3, -0.25) is 4.57 Å². The number of benzene rings is 2. The molecule has 0 unspecified atom stereocenters. The van der Waals surface area contributed by atoms with Gasteiger partial charge in [0.15, 0.2) is 11.5 Å². The summed E-state index contributed by atoms with van der Waals surface area (Å²) in [6.07, 6.45) is -1.77. The van der Waals surface area contributed by atoms with Crippen LogP contribution in [0.5, 0.6) is 0 Å². The number of nitrogen functional groups attached to an aromatic ring is 1. The van der Waals surface area contributed by atoms with Crippen LogP contribution in [0.4, 0.5) is 35.2 Å². The smallest absolute Gasteiger partial charge is 0.382 e. The fourth-order valence-electron chi connectivity index (χ4n) is 2.89. The van der Waals surface area contributed by atoms with E-state index in [1.165, 1.54) is 12.4 Å². The van der Waals surface area contributed by atoms with Crippen molar-refractivity contribution in [1.82, 2.24) is 19.5 Å². The monoisotopic (exact) mass is 447 g/mol. The van der Waals surface area contributed by atoms with Gasteiger partial charge in [-0.2, -0.15) is 13.2 Å². The number of hydrogen-bond acceptors (Lipinski definition) is 5. The van der Waals surface area contributed by atoms with Crippen molar-refractivity contribution in [2.75, 3.05) is 16.4 Å². The molecule has 31 heavy (non-hydrogen) atoms. The summed E-state index contributed by atoms with van der Waals surface area (Å²) < 4.78 is 40.6. The van der Waals surface area contributed by atoms with Crippen molar-refractivity contribution >= 4 is 46.0 Å². The zero-order valence-electron chi connectivity index (χ0n) is 15.5. The number of alkyl halides is 3. The average Bonchev–Trinajstić information content (AvgIpc) is 3.15. The van der Waals surface area contributed by atoms with Gasteiger partial charge in [0, 0.05) is 17.1 Å². The highest BCUT2D eigenvalue weighted by molar-refractivity contribution is 6.31. The van der Waals surface area contributed by atoms with Crippen molar-refractivity contribution < 1.29 is 18.0 Å². The number of aromatic nitrogens is 4. The Balaban J connectivity index is 1.49. The summed E-state index contributed by atoms with van der Waals surface area (Å²) >= 11 is 5.58. The molecule has 4 aromatic rings. The molecule has 158 valence electrons. The largest absolute Gasteiger partial charge is 0.417 e. The van der Waals surface area contributed by atoms with E-state index in [9.17, 15) is 18.0 Å². The molecule has 0 fully saturated rings. The van der Waals surface area contributed by atoms with Crippen molar-refractivity contribution in [3.8, 4) is 5.69 Å². The Morgan fingerprint density at radius 1 is 1.00 bits per heavy atom. The molecule has 0 aliphatic carbocycles. The third kappa shape index (κ3) is 4.21. The van der Waals surface area contributed by atoms with E-state index < -0.39 is 22.8 Å². The second kappa shape index (κ2) is 7.76. The number of halogens is 4. The van der Waals surface area contributed by atoms with Crippen LogP contribution in [-0.2, 0) is 6.18 Å². The maximum absolute atomic E-state index is 13.0. The number of nitrogens with two attached hydrogens (primary N) is 1. The van der Waals surface area contributed by atoms with Crippen LogP contribution in [0.2, 0.25) is 5.02 Å². The van der Waals surface area contributed by atoms with Crippen molar-refractivity contribution in [2.45, 2.75) is 6.18 Å². The molecule has 0 atom stereocenters. The minimum Gasteiger partial charge on any atom is -0.382 e. The van der Waals surface area contributed by atoms with Gasteiger partial charge in [0.1, 0.15) is 18.2 Å². The summed E-state index contributed by atoms with van der Waals surface area (Å²) in [5.41, 5.74) is 6.91. The van der Waals surface area contributed by atoms with Crippen LogP contribution < -0.4 is 16.4 Å². The first-order valence-corrected chi connectivity index (χ1v) is 9.09. The van der Waals surface area contributed by atoms with Crippen LogP contribution >= 0.6 is 11.6 Å². The Bertz CT molecular complexity index is 1270. The number of rotatable bonds is 3. The number of anilines is 3. The van der Waals surface area contributed by atoms with Gasteiger partial charge in [-0.1, -0.05) is 11.6 Å². The summed E-state index contributed by atoms with van der Waals surface area (Å²) in [6.45, 7) is 0. The molecule has 0 aliphatic heterocycles. The predicted octanol–water partition coefficient (Wildman–Crippen LogP) is 4.71. The highest BCUT2D eigenvalue weighted by atomic mass is 35.5. The summed E-state index contributed by atoms with van der Waals surface area (Å²) in [7, 11) is 0. The van der Waals surface area contributed by atoms with Gasteiger partial charge in [0.05, 0.1) is 10.6 Å². The Morgan fingerprint density at radius 3 is 2.39 bits per heavy atom. The van der Waals surface area contributed by atoms with Crippen molar-refractivity contribution in [1.29, 1.82) is 0 Å². The van der Waals surface area contributed by atoms with Gasteiger partial charge in [-0.15, -0.1) is 0 Å². The Kier molecular flexibility index (Phi) is 5.11. The molecular weight excluding hydrogens is 435 g/mol. The van der Waals surface area contributed by atoms with Crippen LogP contribution in [0.15, 0.2) is 55.1 Å². The van der Waals surface area contributed by atoms with Gasteiger partial charge in [-0.05, 0) is 42.5 Å². The lowest BCUT2D eigenvalue weighted by atomic mass is 10.2. The number of fused-ring (bicyclic) bond motifs is 1. The van der Waals surface area contributed by atoms with E-state index in [1.54, 1.807) is 35.2 Å². The van der Waals surface area contributed by atoms with E-state index in [2.05, 4.69) is 25.6 Å². The molecule has 0 radical (unpaired) electrons. The summed E-state index contributed by atoms with van der Waals surface area (Å²) in [6, 6.07) is 9.03. The predicted molar refractivity (Wildman–Crippen MR) is 110 cm³/mol. The summed E-state index contributed by atoms with van der Waals surface area (Å²) in [4.78, 5) is 24.3. The first kappa shape index (κ1) is 20.4. The Labute approximate surface area is 177 Å². The van der Waals surface area contributed by atoms with E-state index in [-0.39, 0.29) is 11.5 Å². The van der Waals surface area contributed by atoms with Gasteiger partial charge in [-0.25, -0.2) is 19.7 Å². The Morgan fingerprint density at radius 2 is 1.68 bits per heavy atom. The molecule has 4 rings (SSSR count). The summed E-state index contributed by atoms with van der Waals surface area (Å²) in [5.74, 6) is 0.269. The zero-order valence-corrected chi connectivity index (χ0v) is 16.2. The van der Waals surface area contributed by atoms with E-state index in [0.29, 0.717) is 22.5 Å². The van der Waals surface area contributed by atoms with E-state index in [4.69, 9.17) is 17.3 Å². The molecular formula is C19H13ClF3N7O. The highest BCUT2D eigenvalue weighted by Gasteiger charge is 2.33. The van der Waals surface area contributed by atoms with E-state index in [1.807, 2.05) is 0 Å². The average molecular weight is 448 g/mol. The van der Waals surface area contributed by atoms with E-state index in [0.717, 1.165) is 12.1 Å². The molecule has 12 heteroatoms. The van der Waals surface area contributed by atoms with Crippen LogP contribution in [-0.4, -0.2) is 25.6 Å². The first-order valence-electron chi connectivity index (χ1n) is 8.71. The molecule has 0 bridgehead atoms. The first-order chi connectivity index (χ1) is 14.7. The minimum absolute atomic E-state index is 0.0498. The highest BCUT2D eigenvalue weighted by Crippen LogP contribution is 2.36. The maximum Gasteiger partial charge on any atom is 0.417 e. The Hall–Kier alpha value is -3.86. The van der Waals surface area contributed by atoms with Crippen LogP contribution in [0.1, 0.15) is 5.56 Å². The topological polar surface area (TPSA) is 111 Å². The van der Waals surface area contributed by atoms with Crippen molar-refractivity contribution in [3.05, 3.63) is 65.7 Å². The number of nitrogens with one attached hydrogen (secondary N) is 2. The molecule has 0 saturated carbocycles. The maximum atomic E-state index is 13.0. The van der Waals surface area contributed by atoms with Gasteiger partial charge >= 0.3 is 12.2 Å². The number of carbonyl (C=O) groups is 1. The number of hydrogen-bond donors (Lipinski definition) is 3. The van der Waals surface area contributed by atoms with Crippen LogP contribution in [0.3, 0.4) is 0 Å². The number of imidazole rings is 1. The number of amides is 2. The quantitative estimate of drug-likeness (QED) is 0.421. The fraction of sp³-hybridized carbons (Fsp3) is 0.0526. The number of carbonyl (C=O) groups excluding carboxylic acids is 1. The number of nitrogens with zero attached hydrogens (tertiary/aromatic N) is 4. The van der Waals surface area contributed by atoms with Crippen LogP contribution in [0.25, 0.3) is 16.9 Å². The third-order valence-corrected chi connectivity index (χ3v) is 4.63. The van der Waals surface area contributed by atoms with Gasteiger partial charge in [0.25, 0.3) is 0 Å². The normalized spacial score (nSPS) is 11.5. The molecule has 0 aliphatic rings. The van der Waals surface area contributed by atoms with Gasteiger partial charge < -0.3 is 16.4 Å². The molecule has 2 aromatic heterocycles. The lowest BCUT2D eigenvalue weighted by molar-refractivity contribution is -0.137. The molecule has 2 heterocycles. The summed E-state index contributed by atoms with van der Waals surface area (Å²) in [5, 5.41) is 4.44. The lowest BCUT2D eigenvalue weighted by Crippen LogP contribution is -2.20. The molecule has 4 N–H and O–H groups in total. The number of urea groups is 1. The molecule has 0 spiro atoms. The minimum atomic E-state index is -4.63. The third-order valence-electron chi connectivity index (χ3n) is 4.30. The standard InChI is InChI=1S/C19H13ClF3N7O/c20-14-6-3-11(7-13(14)19(21,22)23)29-18(31)28-10-1-4-12(5-2-10)30-9-27-17-15(30)16(24)25-8-26-17/h1-9H,(H2,24,25,26)(H2,28,29,31). The van der Waals surface area contributed by atoms with Gasteiger partial charge in [0.2, 0.25) is 0 Å². The fourth-order valence-corrected chi connectivity index (χ4v) is 3.12. The lowest BCUT2D eigenvalue weighted by Gasteiger charge is -2.12. The van der Waals surface area contributed by atoms with Crippen LogP contribution in [0, 0.1) is 0 Å². The van der Waals surface area contributed by atoms with E-state index >= 15 is 0 Å². The van der Waals surface area contributed by atoms with Crippen molar-refractivity contribution in [3.63, 3.8) is 0 Å². The SMILES string of the molecule is Nc1ncnc2ncn(-c3ccc(NC(=O)Nc4ccc(Cl)c(C(F)(F)F)c4)cc3)c12. The van der Waals surface area contributed by atoms with Crippen molar-refractivity contribution in [2.24, 2.45) is 0 Å². The second-order valence-corrected chi connectivity index (χ2v) is 6.77. The molecule has 2 amide bonds. The molecule has 8 nitrogen and oxygen atoms in total.